The Balaban J connectivity index is 1.40. The second-order valence-corrected chi connectivity index (χ2v) is 8.40. The number of ether oxygens (including phenoxy) is 2. The largest absolute Gasteiger partial charge is 0.497 e. The molecule has 1 aliphatic rings. The van der Waals surface area contributed by atoms with Gasteiger partial charge in [0.1, 0.15) is 22.5 Å². The van der Waals surface area contributed by atoms with E-state index in [-0.39, 0.29) is 0 Å². The lowest BCUT2D eigenvalue weighted by molar-refractivity contribution is 0.303. The van der Waals surface area contributed by atoms with Crippen LogP contribution in [-0.4, -0.2) is 43.6 Å². The highest BCUT2D eigenvalue weighted by Crippen LogP contribution is 2.26. The molecule has 2 aromatic heterocycles. The lowest BCUT2D eigenvalue weighted by Gasteiger charge is -2.04. The van der Waals surface area contributed by atoms with Crippen LogP contribution in [0.5, 0.6) is 11.5 Å². The number of aromatic nitrogens is 4. The third-order valence-corrected chi connectivity index (χ3v) is 6.52. The zero-order valence-corrected chi connectivity index (χ0v) is 15.9. The number of hydrogen-bond acceptors (Lipinski definition) is 9. The summed E-state index contributed by atoms with van der Waals surface area (Å²) in [5, 5.41) is 13.8. The Hall–Kier alpha value is -1.78. The van der Waals surface area contributed by atoms with E-state index in [4.69, 9.17) is 9.47 Å². The highest BCUT2D eigenvalue weighted by Gasteiger charge is 2.14. The van der Waals surface area contributed by atoms with E-state index in [9.17, 15) is 0 Å². The van der Waals surface area contributed by atoms with Crippen molar-refractivity contribution in [3.8, 4) is 11.5 Å². The van der Waals surface area contributed by atoms with Gasteiger partial charge in [-0.15, -0.1) is 10.2 Å². The Morgan fingerprint density at radius 1 is 1.20 bits per heavy atom. The average Bonchev–Trinajstić information content (AvgIpc) is 3.36. The van der Waals surface area contributed by atoms with Crippen molar-refractivity contribution in [3.05, 3.63) is 35.1 Å². The van der Waals surface area contributed by atoms with E-state index in [2.05, 4.69) is 20.3 Å². The van der Waals surface area contributed by atoms with E-state index in [1.807, 2.05) is 24.3 Å². The molecule has 0 atom stereocenters. The van der Waals surface area contributed by atoms with Crippen molar-refractivity contribution in [2.75, 3.05) is 19.4 Å². The summed E-state index contributed by atoms with van der Waals surface area (Å²) >= 11 is 4.97. The van der Waals surface area contributed by atoms with E-state index < -0.39 is 0 Å². The Labute approximate surface area is 156 Å². The third kappa shape index (κ3) is 3.91. The normalized spacial score (nSPS) is 14.0. The van der Waals surface area contributed by atoms with E-state index in [1.54, 1.807) is 35.1 Å². The van der Waals surface area contributed by atoms with Gasteiger partial charge in [0.05, 0.1) is 19.4 Å². The molecule has 0 unspecified atom stereocenters. The van der Waals surface area contributed by atoms with Crippen LogP contribution in [-0.2, 0) is 12.4 Å². The summed E-state index contributed by atoms with van der Waals surface area (Å²) in [4.78, 5) is 5.22. The minimum atomic E-state index is 0.398. The third-order valence-electron chi connectivity index (χ3n) is 3.40. The summed E-state index contributed by atoms with van der Waals surface area (Å²) in [6.45, 7) is 1.31. The van der Waals surface area contributed by atoms with E-state index >= 15 is 0 Å². The molecule has 7 nitrogen and oxygen atoms in total. The molecule has 0 aliphatic carbocycles. The molecule has 0 N–H and O–H groups in total. The molecule has 0 spiro atoms. The van der Waals surface area contributed by atoms with Gasteiger partial charge < -0.3 is 9.47 Å². The van der Waals surface area contributed by atoms with Crippen LogP contribution < -0.4 is 9.47 Å². The molecule has 1 aliphatic heterocycles. The molecule has 1 aromatic carbocycles. The smallest absolute Gasteiger partial charge is 0.234 e. The molecular formula is C15H15N5O2S3. The standard InChI is InChI=1S/C15H15N5O2S3/c1-21-10-2-4-11(5-3-10)22-8-13-19-20-12(17-18-14(20)25-13)9-24-15-16-6-7-23-15/h2-5H,6-9H2,1H3. The summed E-state index contributed by atoms with van der Waals surface area (Å²) in [5.74, 6) is 4.20. The predicted molar refractivity (Wildman–Crippen MR) is 102 cm³/mol. The van der Waals surface area contributed by atoms with Gasteiger partial charge >= 0.3 is 0 Å². The first-order chi connectivity index (χ1) is 12.3. The van der Waals surface area contributed by atoms with Gasteiger partial charge in [0.15, 0.2) is 10.8 Å². The number of benzene rings is 1. The predicted octanol–water partition coefficient (Wildman–Crippen LogP) is 3.11. The van der Waals surface area contributed by atoms with Crippen LogP contribution in [0.2, 0.25) is 0 Å². The molecule has 130 valence electrons. The number of rotatable bonds is 6. The van der Waals surface area contributed by atoms with Crippen LogP contribution in [0.1, 0.15) is 10.8 Å². The molecule has 3 aromatic rings. The second-order valence-electron chi connectivity index (χ2n) is 5.06. The van der Waals surface area contributed by atoms with E-state index in [1.165, 1.54) is 11.3 Å². The van der Waals surface area contributed by atoms with Crippen LogP contribution in [0, 0.1) is 0 Å². The van der Waals surface area contributed by atoms with Crippen LogP contribution >= 0.6 is 34.9 Å². The molecule has 4 rings (SSSR count). The zero-order chi connectivity index (χ0) is 17.1. The van der Waals surface area contributed by atoms with Gasteiger partial charge in [-0.1, -0.05) is 34.9 Å². The van der Waals surface area contributed by atoms with E-state index in [0.29, 0.717) is 6.61 Å². The number of thioether (sulfide) groups is 2. The van der Waals surface area contributed by atoms with Crippen LogP contribution in [0.25, 0.3) is 4.96 Å². The quantitative estimate of drug-likeness (QED) is 0.637. The number of methoxy groups -OCH3 is 1. The Morgan fingerprint density at radius 3 is 2.80 bits per heavy atom. The van der Waals surface area contributed by atoms with Crippen molar-refractivity contribution in [1.82, 2.24) is 19.8 Å². The molecule has 0 radical (unpaired) electrons. The zero-order valence-electron chi connectivity index (χ0n) is 13.4. The van der Waals surface area contributed by atoms with Crippen molar-refractivity contribution in [2.24, 2.45) is 4.99 Å². The maximum Gasteiger partial charge on any atom is 0.234 e. The Bertz CT molecular complexity index is 890. The summed E-state index contributed by atoms with van der Waals surface area (Å²) in [6, 6.07) is 7.49. The van der Waals surface area contributed by atoms with Crippen molar-refractivity contribution in [2.45, 2.75) is 12.4 Å². The van der Waals surface area contributed by atoms with Crippen LogP contribution in [0.3, 0.4) is 0 Å². The van der Waals surface area contributed by atoms with Crippen LogP contribution in [0.4, 0.5) is 0 Å². The van der Waals surface area contributed by atoms with Gasteiger partial charge in [0, 0.05) is 5.75 Å². The van der Waals surface area contributed by atoms with Gasteiger partial charge in [-0.25, -0.2) is 0 Å². The monoisotopic (exact) mass is 393 g/mol. The van der Waals surface area contributed by atoms with Crippen LogP contribution in [0.15, 0.2) is 29.3 Å². The van der Waals surface area contributed by atoms with Gasteiger partial charge in [-0.2, -0.15) is 9.61 Å². The Kier molecular flexibility index (Phi) is 5.09. The number of hydrogen-bond donors (Lipinski definition) is 0. The topological polar surface area (TPSA) is 73.9 Å². The fraction of sp³-hybridized carbons (Fsp3) is 0.333. The molecular weight excluding hydrogens is 378 g/mol. The van der Waals surface area contributed by atoms with Gasteiger partial charge in [0.2, 0.25) is 4.96 Å². The average molecular weight is 394 g/mol. The first-order valence-corrected chi connectivity index (χ1v) is 10.4. The van der Waals surface area contributed by atoms with Gasteiger partial charge in [-0.3, -0.25) is 4.99 Å². The minimum absolute atomic E-state index is 0.398. The maximum atomic E-state index is 5.77. The summed E-state index contributed by atoms with van der Waals surface area (Å²) in [6.07, 6.45) is 0. The van der Waals surface area contributed by atoms with Crippen molar-refractivity contribution in [3.63, 3.8) is 0 Å². The summed E-state index contributed by atoms with van der Waals surface area (Å²) in [7, 11) is 1.64. The van der Waals surface area contributed by atoms with Crippen molar-refractivity contribution >= 4 is 44.2 Å². The summed E-state index contributed by atoms with van der Waals surface area (Å²) < 4.78 is 13.8. The number of nitrogens with zero attached hydrogens (tertiary/aromatic N) is 5. The van der Waals surface area contributed by atoms with Crippen molar-refractivity contribution in [1.29, 1.82) is 0 Å². The maximum absolute atomic E-state index is 5.77. The first-order valence-electron chi connectivity index (χ1n) is 7.59. The van der Waals surface area contributed by atoms with Gasteiger partial charge in [-0.05, 0) is 24.3 Å². The number of aliphatic imine (C=N–C) groups is 1. The molecule has 10 heteroatoms. The van der Waals surface area contributed by atoms with Crippen molar-refractivity contribution < 1.29 is 9.47 Å². The minimum Gasteiger partial charge on any atom is -0.497 e. The molecule has 0 saturated carbocycles. The second kappa shape index (κ2) is 7.63. The van der Waals surface area contributed by atoms with E-state index in [0.717, 1.165) is 49.7 Å². The molecule has 0 fully saturated rings. The first kappa shape index (κ1) is 16.7. The highest BCUT2D eigenvalue weighted by molar-refractivity contribution is 8.38. The summed E-state index contributed by atoms with van der Waals surface area (Å²) in [5.41, 5.74) is 0. The lowest BCUT2D eigenvalue weighted by Crippen LogP contribution is -1.99. The SMILES string of the molecule is COc1ccc(OCc2nn3c(CSC4=NCCS4)nnc3s2)cc1. The molecule has 0 saturated heterocycles. The molecule has 25 heavy (non-hydrogen) atoms. The fourth-order valence-electron chi connectivity index (χ4n) is 2.19. The lowest BCUT2D eigenvalue weighted by atomic mass is 10.3. The molecule has 3 heterocycles. The Morgan fingerprint density at radius 2 is 2.04 bits per heavy atom. The molecule has 0 amide bonds. The molecule has 0 bridgehead atoms. The van der Waals surface area contributed by atoms with Gasteiger partial charge in [0.25, 0.3) is 0 Å². The fourth-order valence-corrected chi connectivity index (χ4v) is 4.87. The highest BCUT2D eigenvalue weighted by atomic mass is 32.2. The number of fused-ring (bicyclic) bond motifs is 1.